The van der Waals surface area contributed by atoms with Gasteiger partial charge in [-0.25, -0.2) is 9.59 Å². The molecule has 1 atom stereocenters. The number of aliphatic carboxylic acids is 1. The van der Waals surface area contributed by atoms with Crippen molar-refractivity contribution in [3.05, 3.63) is 70.2 Å². The standard InChI is InChI=1S/C18H18BrNO4/c1-13(17(21)22)20(11-15-9-5-6-10-16(15)19)18(23)24-12-14-7-3-2-4-8-14/h2-10,13H,11-12H2,1H3,(H,21,22). The first-order valence-corrected chi connectivity index (χ1v) is 8.22. The lowest BCUT2D eigenvalue weighted by molar-refractivity contribution is -0.142. The number of ether oxygens (including phenoxy) is 1. The van der Waals surface area contributed by atoms with Gasteiger partial charge in [0.1, 0.15) is 12.6 Å². The zero-order valence-corrected chi connectivity index (χ0v) is 14.8. The van der Waals surface area contributed by atoms with Crippen LogP contribution in [0.25, 0.3) is 0 Å². The van der Waals surface area contributed by atoms with Gasteiger partial charge in [0.15, 0.2) is 0 Å². The Morgan fingerprint density at radius 3 is 2.38 bits per heavy atom. The molecule has 0 aliphatic rings. The molecule has 0 aromatic heterocycles. The maximum absolute atomic E-state index is 12.4. The molecule has 1 unspecified atom stereocenters. The van der Waals surface area contributed by atoms with Crippen LogP contribution in [0.2, 0.25) is 0 Å². The normalized spacial score (nSPS) is 11.6. The van der Waals surface area contributed by atoms with Gasteiger partial charge in [0, 0.05) is 4.47 Å². The van der Waals surface area contributed by atoms with Crippen LogP contribution in [0.15, 0.2) is 59.1 Å². The molecule has 0 aliphatic carbocycles. The lowest BCUT2D eigenvalue weighted by Crippen LogP contribution is -2.43. The fourth-order valence-corrected chi connectivity index (χ4v) is 2.52. The van der Waals surface area contributed by atoms with E-state index in [9.17, 15) is 14.7 Å². The summed E-state index contributed by atoms with van der Waals surface area (Å²) >= 11 is 3.41. The summed E-state index contributed by atoms with van der Waals surface area (Å²) in [5.41, 5.74) is 1.65. The van der Waals surface area contributed by atoms with E-state index in [1.807, 2.05) is 54.6 Å². The number of rotatable bonds is 6. The van der Waals surface area contributed by atoms with E-state index in [1.54, 1.807) is 0 Å². The van der Waals surface area contributed by atoms with Gasteiger partial charge in [-0.3, -0.25) is 4.90 Å². The van der Waals surface area contributed by atoms with E-state index in [1.165, 1.54) is 11.8 Å². The topological polar surface area (TPSA) is 66.8 Å². The maximum atomic E-state index is 12.4. The molecule has 126 valence electrons. The third-order valence-electron chi connectivity index (χ3n) is 3.56. The van der Waals surface area contributed by atoms with Crippen LogP contribution in [-0.4, -0.2) is 28.1 Å². The van der Waals surface area contributed by atoms with Gasteiger partial charge >= 0.3 is 12.1 Å². The lowest BCUT2D eigenvalue weighted by atomic mass is 10.2. The van der Waals surface area contributed by atoms with Crippen molar-refractivity contribution >= 4 is 28.0 Å². The Hall–Kier alpha value is -2.34. The Morgan fingerprint density at radius 1 is 1.12 bits per heavy atom. The molecule has 0 saturated carbocycles. The van der Waals surface area contributed by atoms with Crippen LogP contribution < -0.4 is 0 Å². The number of carbonyl (C=O) groups excluding carboxylic acids is 1. The van der Waals surface area contributed by atoms with Crippen molar-refractivity contribution in [1.29, 1.82) is 0 Å². The van der Waals surface area contributed by atoms with Crippen molar-refractivity contribution in [2.24, 2.45) is 0 Å². The minimum absolute atomic E-state index is 0.0957. The molecule has 0 radical (unpaired) electrons. The summed E-state index contributed by atoms with van der Waals surface area (Å²) < 4.78 is 6.09. The van der Waals surface area contributed by atoms with Gasteiger partial charge in [-0.15, -0.1) is 0 Å². The number of benzene rings is 2. The van der Waals surface area contributed by atoms with E-state index in [0.717, 1.165) is 15.6 Å². The fraction of sp³-hybridized carbons (Fsp3) is 0.222. The summed E-state index contributed by atoms with van der Waals surface area (Å²) in [7, 11) is 0. The van der Waals surface area contributed by atoms with E-state index in [2.05, 4.69) is 15.9 Å². The molecule has 0 bridgehead atoms. The molecule has 5 nitrogen and oxygen atoms in total. The number of amides is 1. The predicted molar refractivity (Wildman–Crippen MR) is 93.4 cm³/mol. The Kier molecular flexibility index (Phi) is 6.37. The molecule has 0 saturated heterocycles. The highest BCUT2D eigenvalue weighted by Crippen LogP contribution is 2.20. The van der Waals surface area contributed by atoms with E-state index in [-0.39, 0.29) is 13.2 Å². The zero-order valence-electron chi connectivity index (χ0n) is 13.2. The third-order valence-corrected chi connectivity index (χ3v) is 4.34. The lowest BCUT2D eigenvalue weighted by Gasteiger charge is -2.26. The first-order valence-electron chi connectivity index (χ1n) is 7.42. The number of nitrogens with zero attached hydrogens (tertiary/aromatic N) is 1. The second kappa shape index (κ2) is 8.49. The molecule has 0 spiro atoms. The molecule has 0 fully saturated rings. The summed E-state index contributed by atoms with van der Waals surface area (Å²) in [5.74, 6) is -1.08. The molecule has 1 amide bonds. The van der Waals surface area contributed by atoms with Crippen LogP contribution in [0.4, 0.5) is 4.79 Å². The molecule has 2 rings (SSSR count). The van der Waals surface area contributed by atoms with Crippen LogP contribution in [0.1, 0.15) is 18.1 Å². The molecule has 1 N–H and O–H groups in total. The van der Waals surface area contributed by atoms with Crippen LogP contribution in [0, 0.1) is 0 Å². The third kappa shape index (κ3) is 4.83. The van der Waals surface area contributed by atoms with Crippen LogP contribution in [-0.2, 0) is 22.7 Å². The highest BCUT2D eigenvalue weighted by atomic mass is 79.9. The van der Waals surface area contributed by atoms with Gasteiger partial charge in [-0.1, -0.05) is 64.5 Å². The second-order valence-corrected chi connectivity index (χ2v) is 6.13. The van der Waals surface area contributed by atoms with Crippen molar-refractivity contribution in [2.75, 3.05) is 0 Å². The zero-order chi connectivity index (χ0) is 17.5. The number of carboxylic acid groups (broad SMARTS) is 1. The highest BCUT2D eigenvalue weighted by molar-refractivity contribution is 9.10. The smallest absolute Gasteiger partial charge is 0.411 e. The largest absolute Gasteiger partial charge is 0.480 e. The predicted octanol–water partition coefficient (Wildman–Crippen LogP) is 4.06. The number of carbonyl (C=O) groups is 2. The molecule has 2 aromatic rings. The minimum Gasteiger partial charge on any atom is -0.480 e. The van der Waals surface area contributed by atoms with Crippen LogP contribution >= 0.6 is 15.9 Å². The van der Waals surface area contributed by atoms with Gasteiger partial charge in [0.25, 0.3) is 0 Å². The van der Waals surface area contributed by atoms with Gasteiger partial charge in [0.2, 0.25) is 0 Å². The fourth-order valence-electron chi connectivity index (χ4n) is 2.11. The van der Waals surface area contributed by atoms with E-state index < -0.39 is 18.1 Å². The molecule has 2 aromatic carbocycles. The first kappa shape index (κ1) is 18.0. The summed E-state index contributed by atoms with van der Waals surface area (Å²) in [6.07, 6.45) is -0.662. The minimum atomic E-state index is -1.08. The molecule has 6 heteroatoms. The molecular formula is C18H18BrNO4. The average Bonchev–Trinajstić information content (AvgIpc) is 2.59. The molecule has 0 aliphatic heterocycles. The molecule has 24 heavy (non-hydrogen) atoms. The van der Waals surface area contributed by atoms with Crippen molar-refractivity contribution in [3.8, 4) is 0 Å². The number of hydrogen-bond donors (Lipinski definition) is 1. The van der Waals surface area contributed by atoms with E-state index >= 15 is 0 Å². The van der Waals surface area contributed by atoms with Crippen molar-refractivity contribution < 1.29 is 19.4 Å². The van der Waals surface area contributed by atoms with E-state index in [0.29, 0.717) is 0 Å². The Bertz CT molecular complexity index is 705. The first-order chi connectivity index (χ1) is 11.5. The summed E-state index contributed by atoms with van der Waals surface area (Å²) in [6.45, 7) is 1.70. The van der Waals surface area contributed by atoms with Crippen LogP contribution in [0.5, 0.6) is 0 Å². The quantitative estimate of drug-likeness (QED) is 0.805. The van der Waals surface area contributed by atoms with Crippen LogP contribution in [0.3, 0.4) is 0 Å². The Morgan fingerprint density at radius 2 is 1.75 bits per heavy atom. The summed E-state index contributed by atoms with van der Waals surface area (Å²) in [5, 5.41) is 9.27. The SMILES string of the molecule is CC(C(=O)O)N(Cc1ccccc1Br)C(=O)OCc1ccccc1. The van der Waals surface area contributed by atoms with Crippen molar-refractivity contribution in [1.82, 2.24) is 4.90 Å². The number of carboxylic acids is 1. The second-order valence-electron chi connectivity index (χ2n) is 5.27. The highest BCUT2D eigenvalue weighted by Gasteiger charge is 2.27. The van der Waals surface area contributed by atoms with Crippen molar-refractivity contribution in [2.45, 2.75) is 26.1 Å². The molecule has 0 heterocycles. The van der Waals surface area contributed by atoms with Gasteiger partial charge in [0.05, 0.1) is 6.54 Å². The number of hydrogen-bond acceptors (Lipinski definition) is 3. The van der Waals surface area contributed by atoms with Gasteiger partial charge in [-0.05, 0) is 24.1 Å². The molecular weight excluding hydrogens is 374 g/mol. The number of halogens is 1. The van der Waals surface area contributed by atoms with Gasteiger partial charge in [-0.2, -0.15) is 0 Å². The van der Waals surface area contributed by atoms with E-state index in [4.69, 9.17) is 4.74 Å². The Labute approximate surface area is 149 Å². The average molecular weight is 392 g/mol. The summed E-state index contributed by atoms with van der Waals surface area (Å²) in [4.78, 5) is 24.9. The van der Waals surface area contributed by atoms with Gasteiger partial charge < -0.3 is 9.84 Å². The maximum Gasteiger partial charge on any atom is 0.411 e. The monoisotopic (exact) mass is 391 g/mol. The summed E-state index contributed by atoms with van der Waals surface area (Å²) in [6, 6.07) is 15.6. The Balaban J connectivity index is 2.11. The van der Waals surface area contributed by atoms with Crippen molar-refractivity contribution in [3.63, 3.8) is 0 Å².